The molecule has 0 atom stereocenters. The lowest BCUT2D eigenvalue weighted by Crippen LogP contribution is -2.04. The van der Waals surface area contributed by atoms with Crippen LogP contribution in [0.4, 0.5) is 0 Å². The van der Waals surface area contributed by atoms with Crippen molar-refractivity contribution in [3.05, 3.63) is 77.4 Å². The molecule has 148 valence electrons. The average molecular weight is 382 g/mol. The fraction of sp³-hybridized carbons (Fsp3) is 0.321. The molecule has 4 rings (SSSR count). The van der Waals surface area contributed by atoms with Gasteiger partial charge in [-0.15, -0.1) is 0 Å². The monoisotopic (exact) mass is 381 g/mol. The number of fused-ring (bicyclic) bond motifs is 2. The van der Waals surface area contributed by atoms with Gasteiger partial charge in [-0.2, -0.15) is 0 Å². The molecule has 0 unspecified atom stereocenters. The van der Waals surface area contributed by atoms with Crippen LogP contribution in [0.25, 0.3) is 32.9 Å². The molecule has 1 aromatic heterocycles. The van der Waals surface area contributed by atoms with Crippen LogP contribution in [0.2, 0.25) is 0 Å². The van der Waals surface area contributed by atoms with Crippen LogP contribution in [0.15, 0.2) is 60.7 Å². The fourth-order valence-corrected chi connectivity index (χ4v) is 4.35. The van der Waals surface area contributed by atoms with E-state index in [-0.39, 0.29) is 0 Å². The molecule has 1 heterocycles. The number of hydrogen-bond acceptors (Lipinski definition) is 1. The normalized spacial score (nSPS) is 12.0. The summed E-state index contributed by atoms with van der Waals surface area (Å²) in [5.74, 6) is 1.42. The van der Waals surface area contributed by atoms with Crippen molar-refractivity contribution >= 4 is 21.8 Å². The highest BCUT2D eigenvalue weighted by atomic mass is 14.7. The predicted molar refractivity (Wildman–Crippen MR) is 127 cm³/mol. The van der Waals surface area contributed by atoms with Gasteiger partial charge in [-0.1, -0.05) is 90.1 Å². The van der Waals surface area contributed by atoms with Gasteiger partial charge in [-0.3, -0.25) is 0 Å². The van der Waals surface area contributed by atoms with Gasteiger partial charge in [0, 0.05) is 16.3 Å². The smallest absolute Gasteiger partial charge is 0.0715 e. The van der Waals surface area contributed by atoms with E-state index >= 15 is 0 Å². The van der Waals surface area contributed by atoms with Gasteiger partial charge in [0.1, 0.15) is 0 Å². The highest BCUT2D eigenvalue weighted by Crippen LogP contribution is 2.44. The number of rotatable bonds is 4. The summed E-state index contributed by atoms with van der Waals surface area (Å²) in [6, 6.07) is 22.1. The van der Waals surface area contributed by atoms with Gasteiger partial charge >= 0.3 is 0 Å². The van der Waals surface area contributed by atoms with Crippen LogP contribution in [0.5, 0.6) is 0 Å². The summed E-state index contributed by atoms with van der Waals surface area (Å²) in [5, 5.41) is 2.49. The van der Waals surface area contributed by atoms with Crippen LogP contribution in [-0.2, 0) is 0 Å². The first-order chi connectivity index (χ1) is 13.9. The topological polar surface area (TPSA) is 12.9 Å². The van der Waals surface area contributed by atoms with Crippen LogP contribution in [0.1, 0.15) is 76.0 Å². The Balaban J connectivity index is 2.23. The van der Waals surface area contributed by atoms with Crippen molar-refractivity contribution in [3.8, 4) is 11.1 Å². The molecule has 0 radical (unpaired) electrons. The molecule has 0 aliphatic rings. The summed E-state index contributed by atoms with van der Waals surface area (Å²) in [6.07, 6.45) is 0. The van der Waals surface area contributed by atoms with Crippen molar-refractivity contribution in [1.29, 1.82) is 0 Å². The van der Waals surface area contributed by atoms with Crippen molar-refractivity contribution in [3.63, 3.8) is 0 Å². The van der Waals surface area contributed by atoms with Crippen LogP contribution in [-0.4, -0.2) is 4.98 Å². The fourth-order valence-electron chi connectivity index (χ4n) is 4.35. The van der Waals surface area contributed by atoms with Crippen LogP contribution in [0, 0.1) is 0 Å². The van der Waals surface area contributed by atoms with E-state index in [2.05, 4.69) is 102 Å². The van der Waals surface area contributed by atoms with Gasteiger partial charge in [0.25, 0.3) is 0 Å². The van der Waals surface area contributed by atoms with E-state index in [1.807, 2.05) is 0 Å². The largest absolute Gasteiger partial charge is 0.248 e. The van der Waals surface area contributed by atoms with Crippen LogP contribution in [0.3, 0.4) is 0 Å². The molecule has 1 heteroatoms. The summed E-state index contributed by atoms with van der Waals surface area (Å²) in [4.78, 5) is 4.96. The third-order valence-electron chi connectivity index (χ3n) is 5.97. The molecule has 1 nitrogen and oxygen atoms in total. The van der Waals surface area contributed by atoms with Gasteiger partial charge in [0.05, 0.1) is 11.0 Å². The third kappa shape index (κ3) is 3.44. The number of para-hydroxylation sites is 2. The zero-order chi connectivity index (χ0) is 20.7. The molecule has 0 aliphatic heterocycles. The molecule has 0 aliphatic carbocycles. The van der Waals surface area contributed by atoms with E-state index < -0.39 is 0 Å². The van der Waals surface area contributed by atoms with Gasteiger partial charge in [-0.05, 0) is 52.1 Å². The Labute approximate surface area is 174 Å². The number of nitrogens with zero attached hydrogens (tertiary/aromatic N) is 1. The Morgan fingerprint density at radius 1 is 0.552 bits per heavy atom. The maximum absolute atomic E-state index is 4.96. The van der Waals surface area contributed by atoms with E-state index in [0.29, 0.717) is 17.8 Å². The molecule has 0 saturated heterocycles. The van der Waals surface area contributed by atoms with Crippen LogP contribution < -0.4 is 0 Å². The maximum atomic E-state index is 4.96. The Bertz CT molecular complexity index is 1100. The van der Waals surface area contributed by atoms with E-state index in [1.165, 1.54) is 38.6 Å². The summed E-state index contributed by atoms with van der Waals surface area (Å²) >= 11 is 0. The Hall–Kier alpha value is -2.67. The molecule has 0 saturated carbocycles. The first kappa shape index (κ1) is 19.6. The molecule has 0 N–H and O–H groups in total. The Morgan fingerprint density at radius 3 is 1.41 bits per heavy atom. The molecule has 0 fully saturated rings. The Kier molecular flexibility index (Phi) is 5.17. The first-order valence-electron chi connectivity index (χ1n) is 10.8. The average Bonchev–Trinajstić information content (AvgIpc) is 2.70. The molecule has 0 amide bonds. The predicted octanol–water partition coefficient (Wildman–Crippen LogP) is 8.43. The second-order valence-corrected chi connectivity index (χ2v) is 9.06. The van der Waals surface area contributed by atoms with Crippen molar-refractivity contribution in [2.45, 2.75) is 59.3 Å². The van der Waals surface area contributed by atoms with Gasteiger partial charge in [0.2, 0.25) is 0 Å². The van der Waals surface area contributed by atoms with Crippen LogP contribution >= 0.6 is 0 Å². The molecular formula is C28H31N. The Morgan fingerprint density at radius 2 is 1.00 bits per heavy atom. The van der Waals surface area contributed by atoms with Gasteiger partial charge in [-0.25, -0.2) is 4.98 Å². The maximum Gasteiger partial charge on any atom is 0.0715 e. The minimum absolute atomic E-state index is 0.451. The molecule has 0 bridgehead atoms. The van der Waals surface area contributed by atoms with E-state index in [9.17, 15) is 0 Å². The van der Waals surface area contributed by atoms with Crippen molar-refractivity contribution in [1.82, 2.24) is 4.98 Å². The van der Waals surface area contributed by atoms with E-state index in [1.54, 1.807) is 0 Å². The number of hydrogen-bond donors (Lipinski definition) is 0. The summed E-state index contributed by atoms with van der Waals surface area (Å²) in [6.45, 7) is 13.9. The quantitative estimate of drug-likeness (QED) is 0.323. The first-order valence-corrected chi connectivity index (χ1v) is 10.8. The minimum atomic E-state index is 0.451. The van der Waals surface area contributed by atoms with E-state index in [0.717, 1.165) is 11.0 Å². The second-order valence-electron chi connectivity index (χ2n) is 9.06. The molecular weight excluding hydrogens is 350 g/mol. The number of benzene rings is 3. The van der Waals surface area contributed by atoms with Crippen molar-refractivity contribution < 1.29 is 0 Å². The standard InChI is InChI=1S/C28H31N/c1-17(2)20-15-23(18(3)4)28(24(16-20)19(5)6)27-21-11-7-9-13-25(21)29-26-14-10-8-12-22(26)27/h7-19H,1-6H3. The molecule has 4 aromatic rings. The zero-order valence-corrected chi connectivity index (χ0v) is 18.5. The molecule has 29 heavy (non-hydrogen) atoms. The van der Waals surface area contributed by atoms with Crippen molar-refractivity contribution in [2.75, 3.05) is 0 Å². The summed E-state index contributed by atoms with van der Waals surface area (Å²) in [5.41, 5.74) is 9.21. The summed E-state index contributed by atoms with van der Waals surface area (Å²) < 4.78 is 0. The lowest BCUT2D eigenvalue weighted by molar-refractivity contribution is 0.808. The lowest BCUT2D eigenvalue weighted by atomic mass is 9.80. The third-order valence-corrected chi connectivity index (χ3v) is 5.97. The van der Waals surface area contributed by atoms with E-state index in [4.69, 9.17) is 4.98 Å². The van der Waals surface area contributed by atoms with Crippen molar-refractivity contribution in [2.24, 2.45) is 0 Å². The molecule has 0 spiro atoms. The second kappa shape index (κ2) is 7.63. The molecule has 3 aromatic carbocycles. The zero-order valence-electron chi connectivity index (χ0n) is 18.5. The highest BCUT2D eigenvalue weighted by Gasteiger charge is 2.22. The minimum Gasteiger partial charge on any atom is -0.248 e. The van der Waals surface area contributed by atoms with Gasteiger partial charge < -0.3 is 0 Å². The summed E-state index contributed by atoms with van der Waals surface area (Å²) in [7, 11) is 0. The number of pyridine rings is 1. The van der Waals surface area contributed by atoms with Gasteiger partial charge in [0.15, 0.2) is 0 Å². The lowest BCUT2D eigenvalue weighted by Gasteiger charge is -2.25. The number of aromatic nitrogens is 1. The highest BCUT2D eigenvalue weighted by molar-refractivity contribution is 6.10. The SMILES string of the molecule is CC(C)c1cc(C(C)C)c(-c2c3ccccc3nc3ccccc23)c(C(C)C)c1.